The first kappa shape index (κ1) is 8.81. The molecule has 0 spiro atoms. The Balaban J connectivity index is 2.23. The molecule has 1 unspecified atom stereocenters. The number of carbonyl (C=O) groups is 1. The number of nitrogens with zero attached hydrogens (tertiary/aromatic N) is 1. The molecular weight excluding hydrogens is 158 g/mol. The minimum Gasteiger partial charge on any atom is -0.309 e. The zero-order valence-corrected chi connectivity index (χ0v) is 7.73. The molecule has 0 bridgehead atoms. The third-order valence-electron chi connectivity index (χ3n) is 1.63. The predicted molar refractivity (Wildman–Crippen MR) is 48.7 cm³/mol. The van der Waals surface area contributed by atoms with E-state index in [0.717, 1.165) is 13.0 Å². The summed E-state index contributed by atoms with van der Waals surface area (Å²) >= 11 is 1.64. The van der Waals surface area contributed by atoms with Gasteiger partial charge in [-0.1, -0.05) is 0 Å². The van der Waals surface area contributed by atoms with Crippen LogP contribution in [0.5, 0.6) is 0 Å². The van der Waals surface area contributed by atoms with Crippen molar-refractivity contribution >= 4 is 17.5 Å². The molecule has 0 aromatic rings. The maximum absolute atomic E-state index is 11.1. The molecule has 11 heavy (non-hydrogen) atoms. The molecule has 0 aromatic carbocycles. The van der Waals surface area contributed by atoms with Gasteiger partial charge in [-0.05, 0) is 38.5 Å². The molecule has 1 heterocycles. The van der Waals surface area contributed by atoms with Crippen LogP contribution in [-0.4, -0.2) is 36.6 Å². The number of hydrogen-bond acceptors (Lipinski definition) is 3. The molecule has 1 aliphatic heterocycles. The lowest BCUT2D eigenvalue weighted by molar-refractivity contribution is -0.114. The van der Waals surface area contributed by atoms with E-state index in [1.54, 1.807) is 17.8 Å². The summed E-state index contributed by atoms with van der Waals surface area (Å²) in [4.78, 5) is 13.2. The summed E-state index contributed by atoms with van der Waals surface area (Å²) in [6, 6.07) is 0. The molecule has 3 heteroatoms. The van der Waals surface area contributed by atoms with E-state index in [1.165, 1.54) is 0 Å². The zero-order chi connectivity index (χ0) is 8.27. The van der Waals surface area contributed by atoms with Gasteiger partial charge in [0.2, 0.25) is 0 Å². The Morgan fingerprint density at radius 1 is 1.64 bits per heavy atom. The molecule has 0 saturated carbocycles. The van der Waals surface area contributed by atoms with E-state index in [-0.39, 0.29) is 11.0 Å². The van der Waals surface area contributed by atoms with Gasteiger partial charge < -0.3 is 4.90 Å². The summed E-state index contributed by atoms with van der Waals surface area (Å²) < 4.78 is 0. The standard InChI is InChI=1S/C8H13NOS/c1-9(2)5-3-8-7(10)4-6-11-8/h4,6,8H,3,5H2,1-2H3. The van der Waals surface area contributed by atoms with Gasteiger partial charge in [-0.25, -0.2) is 0 Å². The van der Waals surface area contributed by atoms with Gasteiger partial charge in [-0.15, -0.1) is 11.8 Å². The molecule has 0 fully saturated rings. The highest BCUT2D eigenvalue weighted by molar-refractivity contribution is 8.03. The molecule has 0 radical (unpaired) electrons. The van der Waals surface area contributed by atoms with Crippen LogP contribution in [0, 0.1) is 0 Å². The summed E-state index contributed by atoms with van der Waals surface area (Å²) in [5.74, 6) is 0.275. The highest BCUT2D eigenvalue weighted by Crippen LogP contribution is 2.23. The van der Waals surface area contributed by atoms with Crippen molar-refractivity contribution in [3.05, 3.63) is 11.5 Å². The van der Waals surface area contributed by atoms with E-state index in [2.05, 4.69) is 4.90 Å². The second kappa shape index (κ2) is 3.93. The van der Waals surface area contributed by atoms with Crippen molar-refractivity contribution in [1.82, 2.24) is 4.90 Å². The highest BCUT2D eigenvalue weighted by Gasteiger charge is 2.19. The molecular formula is C8H13NOS. The number of allylic oxidation sites excluding steroid dienone is 1. The van der Waals surface area contributed by atoms with Crippen LogP contribution in [-0.2, 0) is 4.79 Å². The zero-order valence-electron chi connectivity index (χ0n) is 6.91. The first-order valence-electron chi connectivity index (χ1n) is 3.71. The molecule has 1 atom stereocenters. The van der Waals surface area contributed by atoms with E-state index in [0.29, 0.717) is 0 Å². The van der Waals surface area contributed by atoms with Crippen LogP contribution in [0.3, 0.4) is 0 Å². The van der Waals surface area contributed by atoms with Crippen LogP contribution in [0.25, 0.3) is 0 Å². The van der Waals surface area contributed by atoms with Crippen LogP contribution in [0.15, 0.2) is 11.5 Å². The number of rotatable bonds is 3. The Morgan fingerprint density at radius 3 is 2.82 bits per heavy atom. The lowest BCUT2D eigenvalue weighted by Gasteiger charge is -2.11. The van der Waals surface area contributed by atoms with E-state index in [4.69, 9.17) is 0 Å². The van der Waals surface area contributed by atoms with E-state index < -0.39 is 0 Å². The van der Waals surface area contributed by atoms with Crippen LogP contribution < -0.4 is 0 Å². The summed E-state index contributed by atoms with van der Waals surface area (Å²) in [5.41, 5.74) is 0. The maximum atomic E-state index is 11.1. The predicted octanol–water partition coefficient (Wildman–Crippen LogP) is 1.14. The van der Waals surface area contributed by atoms with Crippen molar-refractivity contribution in [2.24, 2.45) is 0 Å². The van der Waals surface area contributed by atoms with E-state index in [1.807, 2.05) is 19.5 Å². The molecule has 0 saturated heterocycles. The van der Waals surface area contributed by atoms with Gasteiger partial charge in [0.25, 0.3) is 0 Å². The summed E-state index contributed by atoms with van der Waals surface area (Å²) in [5, 5.41) is 2.08. The molecule has 62 valence electrons. The fourth-order valence-corrected chi connectivity index (χ4v) is 1.82. The van der Waals surface area contributed by atoms with Crippen LogP contribution >= 0.6 is 11.8 Å². The number of carbonyl (C=O) groups excluding carboxylic acids is 1. The third kappa shape index (κ3) is 2.67. The lowest BCUT2D eigenvalue weighted by atomic mass is 10.2. The van der Waals surface area contributed by atoms with Crippen molar-refractivity contribution in [1.29, 1.82) is 0 Å². The Kier molecular flexibility index (Phi) is 3.15. The van der Waals surface area contributed by atoms with Crippen LogP contribution in [0.2, 0.25) is 0 Å². The molecule has 1 aliphatic rings. The number of hydrogen-bond donors (Lipinski definition) is 0. The average molecular weight is 171 g/mol. The fraction of sp³-hybridized carbons (Fsp3) is 0.625. The Bertz CT molecular complexity index is 177. The van der Waals surface area contributed by atoms with Gasteiger partial charge >= 0.3 is 0 Å². The number of ketones is 1. The molecule has 0 amide bonds. The van der Waals surface area contributed by atoms with Gasteiger partial charge in [-0.2, -0.15) is 0 Å². The van der Waals surface area contributed by atoms with Crippen molar-refractivity contribution in [2.75, 3.05) is 20.6 Å². The van der Waals surface area contributed by atoms with E-state index >= 15 is 0 Å². The maximum Gasteiger partial charge on any atom is 0.169 e. The van der Waals surface area contributed by atoms with Crippen molar-refractivity contribution in [2.45, 2.75) is 11.7 Å². The Labute approximate surface area is 71.6 Å². The fourth-order valence-electron chi connectivity index (χ4n) is 0.961. The minimum absolute atomic E-state index is 0.192. The van der Waals surface area contributed by atoms with Gasteiger partial charge in [0.05, 0.1) is 5.25 Å². The van der Waals surface area contributed by atoms with Crippen LogP contribution in [0.1, 0.15) is 6.42 Å². The smallest absolute Gasteiger partial charge is 0.169 e. The van der Waals surface area contributed by atoms with Gasteiger partial charge in [-0.3, -0.25) is 4.79 Å². The molecule has 2 nitrogen and oxygen atoms in total. The Morgan fingerprint density at radius 2 is 2.36 bits per heavy atom. The second-order valence-electron chi connectivity index (χ2n) is 2.92. The van der Waals surface area contributed by atoms with Crippen molar-refractivity contribution in [3.63, 3.8) is 0 Å². The molecule has 0 N–H and O–H groups in total. The topological polar surface area (TPSA) is 20.3 Å². The van der Waals surface area contributed by atoms with Crippen molar-refractivity contribution in [3.8, 4) is 0 Å². The van der Waals surface area contributed by atoms with Crippen LogP contribution in [0.4, 0.5) is 0 Å². The van der Waals surface area contributed by atoms with Gasteiger partial charge in [0.1, 0.15) is 0 Å². The normalized spacial score (nSPS) is 23.5. The van der Waals surface area contributed by atoms with Gasteiger partial charge in [0.15, 0.2) is 5.78 Å². The summed E-state index contributed by atoms with van der Waals surface area (Å²) in [6.07, 6.45) is 2.63. The minimum atomic E-state index is 0.192. The largest absolute Gasteiger partial charge is 0.309 e. The first-order valence-corrected chi connectivity index (χ1v) is 4.65. The molecule has 0 aromatic heterocycles. The van der Waals surface area contributed by atoms with E-state index in [9.17, 15) is 4.79 Å². The lowest BCUT2D eigenvalue weighted by Crippen LogP contribution is -2.20. The second-order valence-corrected chi connectivity index (χ2v) is 4.04. The first-order chi connectivity index (χ1) is 5.20. The monoisotopic (exact) mass is 171 g/mol. The number of thioether (sulfide) groups is 1. The SMILES string of the molecule is CN(C)CCC1SC=CC1=O. The summed E-state index contributed by atoms with van der Waals surface area (Å²) in [7, 11) is 4.05. The van der Waals surface area contributed by atoms with Crippen molar-refractivity contribution < 1.29 is 4.79 Å². The third-order valence-corrected chi connectivity index (χ3v) is 2.72. The quantitative estimate of drug-likeness (QED) is 0.635. The average Bonchev–Trinajstić information content (AvgIpc) is 2.31. The van der Waals surface area contributed by atoms with Gasteiger partial charge in [0, 0.05) is 0 Å². The Hall–Kier alpha value is -0.280. The summed E-state index contributed by atoms with van der Waals surface area (Å²) in [6.45, 7) is 0.991. The highest BCUT2D eigenvalue weighted by atomic mass is 32.2. The molecule has 1 rings (SSSR count). The molecule has 0 aliphatic carbocycles.